The molecule has 0 atom stereocenters. The summed E-state index contributed by atoms with van der Waals surface area (Å²) in [6, 6.07) is 11.7. The van der Waals surface area contributed by atoms with E-state index in [1.165, 1.54) is 18.3 Å². The molecule has 0 fully saturated rings. The molecular weight excluding hydrogens is 383 g/mol. The van der Waals surface area contributed by atoms with E-state index in [4.69, 9.17) is 0 Å². The number of pyridine rings is 1. The lowest BCUT2D eigenvalue weighted by molar-refractivity contribution is 0.0984. The van der Waals surface area contributed by atoms with Gasteiger partial charge in [0, 0.05) is 24.0 Å². The standard InChI is InChI=1S/C21H14F3N3O2/c22-14-5-6-15(19(24)18(14)23)26-20(28)13-7-9-25-16(11-13)21(29)27-10-8-12-3-1-2-4-17(12)27/h1-7,9,11H,8,10H2,(H,26,28). The SMILES string of the molecule is O=C(Nc1ccc(F)c(F)c1F)c1ccnc(C(=O)N2CCc3ccccc32)c1. The van der Waals surface area contributed by atoms with E-state index in [0.717, 1.165) is 23.7 Å². The lowest BCUT2D eigenvalue weighted by Crippen LogP contribution is -2.30. The Hall–Kier alpha value is -3.68. The first-order chi connectivity index (χ1) is 14.0. The van der Waals surface area contributed by atoms with Crippen molar-refractivity contribution in [3.05, 3.63) is 89.0 Å². The van der Waals surface area contributed by atoms with Gasteiger partial charge in [0.05, 0.1) is 5.69 Å². The van der Waals surface area contributed by atoms with Crippen LogP contribution in [0.5, 0.6) is 0 Å². The van der Waals surface area contributed by atoms with E-state index in [1.807, 2.05) is 24.3 Å². The third-order valence-corrected chi connectivity index (χ3v) is 4.66. The summed E-state index contributed by atoms with van der Waals surface area (Å²) in [7, 11) is 0. The summed E-state index contributed by atoms with van der Waals surface area (Å²) in [6.07, 6.45) is 2.00. The number of hydrogen-bond donors (Lipinski definition) is 1. The van der Waals surface area contributed by atoms with E-state index in [2.05, 4.69) is 10.3 Å². The number of anilines is 2. The number of fused-ring (bicyclic) bond motifs is 1. The number of amides is 2. The highest BCUT2D eigenvalue weighted by atomic mass is 19.2. The number of halogens is 3. The molecule has 146 valence electrons. The van der Waals surface area contributed by atoms with Gasteiger partial charge < -0.3 is 10.2 Å². The maximum Gasteiger partial charge on any atom is 0.276 e. The first-order valence-corrected chi connectivity index (χ1v) is 8.76. The van der Waals surface area contributed by atoms with Gasteiger partial charge in [0.25, 0.3) is 11.8 Å². The summed E-state index contributed by atoms with van der Waals surface area (Å²) in [6.45, 7) is 0.496. The number of nitrogens with one attached hydrogen (secondary N) is 1. The smallest absolute Gasteiger partial charge is 0.276 e. The molecule has 0 saturated heterocycles. The molecule has 3 aromatic rings. The highest BCUT2D eigenvalue weighted by Gasteiger charge is 2.26. The van der Waals surface area contributed by atoms with Crippen molar-refractivity contribution in [3.8, 4) is 0 Å². The Bertz CT molecular complexity index is 1130. The molecule has 1 aliphatic rings. The number of benzene rings is 2. The average molecular weight is 397 g/mol. The number of para-hydroxylation sites is 1. The molecule has 8 heteroatoms. The van der Waals surface area contributed by atoms with Gasteiger partial charge >= 0.3 is 0 Å². The zero-order valence-electron chi connectivity index (χ0n) is 15.0. The summed E-state index contributed by atoms with van der Waals surface area (Å²) >= 11 is 0. The number of carbonyl (C=O) groups excluding carboxylic acids is 2. The zero-order chi connectivity index (χ0) is 20.5. The third-order valence-electron chi connectivity index (χ3n) is 4.66. The molecule has 2 amide bonds. The van der Waals surface area contributed by atoms with Crippen molar-refractivity contribution >= 4 is 23.2 Å². The van der Waals surface area contributed by atoms with E-state index in [-0.39, 0.29) is 17.2 Å². The van der Waals surface area contributed by atoms with Crippen LogP contribution >= 0.6 is 0 Å². The zero-order valence-corrected chi connectivity index (χ0v) is 15.0. The fourth-order valence-electron chi connectivity index (χ4n) is 3.19. The maximum atomic E-state index is 13.8. The molecule has 0 unspecified atom stereocenters. The fourth-order valence-corrected chi connectivity index (χ4v) is 3.19. The number of hydrogen-bond acceptors (Lipinski definition) is 3. The molecule has 1 N–H and O–H groups in total. The summed E-state index contributed by atoms with van der Waals surface area (Å²) < 4.78 is 40.2. The van der Waals surface area contributed by atoms with Crippen LogP contribution in [0.4, 0.5) is 24.5 Å². The van der Waals surface area contributed by atoms with E-state index < -0.39 is 29.0 Å². The van der Waals surface area contributed by atoms with E-state index in [0.29, 0.717) is 12.6 Å². The van der Waals surface area contributed by atoms with Crippen LogP contribution in [0, 0.1) is 17.5 Å². The van der Waals surface area contributed by atoms with Crippen molar-refractivity contribution in [2.75, 3.05) is 16.8 Å². The monoisotopic (exact) mass is 397 g/mol. The highest BCUT2D eigenvalue weighted by molar-refractivity contribution is 6.09. The minimum atomic E-state index is -1.68. The largest absolute Gasteiger partial charge is 0.319 e. The summed E-state index contributed by atoms with van der Waals surface area (Å²) in [5.41, 5.74) is 1.40. The predicted octanol–water partition coefficient (Wildman–Crippen LogP) is 3.95. The van der Waals surface area contributed by atoms with Crippen molar-refractivity contribution in [1.29, 1.82) is 0 Å². The van der Waals surface area contributed by atoms with Gasteiger partial charge in [-0.25, -0.2) is 13.2 Å². The van der Waals surface area contributed by atoms with Gasteiger partial charge in [-0.15, -0.1) is 0 Å². The van der Waals surface area contributed by atoms with Crippen LogP contribution in [0.25, 0.3) is 0 Å². The van der Waals surface area contributed by atoms with Gasteiger partial charge in [0.15, 0.2) is 17.5 Å². The number of carbonyl (C=O) groups is 2. The minimum absolute atomic E-state index is 0.0277. The molecule has 2 aromatic carbocycles. The minimum Gasteiger partial charge on any atom is -0.319 e. The quantitative estimate of drug-likeness (QED) is 0.681. The van der Waals surface area contributed by atoms with Gasteiger partial charge in [-0.2, -0.15) is 0 Å². The van der Waals surface area contributed by atoms with Crippen LogP contribution in [0.1, 0.15) is 26.4 Å². The molecule has 0 radical (unpaired) electrons. The van der Waals surface area contributed by atoms with Crippen LogP contribution in [0.2, 0.25) is 0 Å². The second kappa shape index (κ2) is 7.38. The molecule has 5 nitrogen and oxygen atoms in total. The van der Waals surface area contributed by atoms with Gasteiger partial charge in [-0.3, -0.25) is 14.6 Å². The normalized spacial score (nSPS) is 12.6. The molecule has 29 heavy (non-hydrogen) atoms. The summed E-state index contributed by atoms with van der Waals surface area (Å²) in [4.78, 5) is 30.9. The highest BCUT2D eigenvalue weighted by Crippen LogP contribution is 2.28. The lowest BCUT2D eigenvalue weighted by atomic mass is 10.1. The van der Waals surface area contributed by atoms with Gasteiger partial charge in [0.2, 0.25) is 0 Å². The Balaban J connectivity index is 1.57. The van der Waals surface area contributed by atoms with Crippen molar-refractivity contribution in [3.63, 3.8) is 0 Å². The summed E-state index contributed by atoms with van der Waals surface area (Å²) in [5, 5.41) is 2.17. The van der Waals surface area contributed by atoms with Crippen LogP contribution in [0.15, 0.2) is 54.7 Å². The molecule has 0 saturated carbocycles. The van der Waals surface area contributed by atoms with Crippen molar-refractivity contribution in [2.24, 2.45) is 0 Å². The second-order valence-corrected chi connectivity index (χ2v) is 6.44. The molecule has 4 rings (SSSR count). The van der Waals surface area contributed by atoms with Crippen LogP contribution in [-0.2, 0) is 6.42 Å². The molecule has 1 aliphatic heterocycles. The van der Waals surface area contributed by atoms with Gasteiger partial charge in [0.1, 0.15) is 5.69 Å². The summed E-state index contributed by atoms with van der Waals surface area (Å²) in [5.74, 6) is -5.70. The molecular formula is C21H14F3N3O2. The Morgan fingerprint density at radius 1 is 1.00 bits per heavy atom. The van der Waals surface area contributed by atoms with Gasteiger partial charge in [-0.1, -0.05) is 18.2 Å². The topological polar surface area (TPSA) is 62.3 Å². The van der Waals surface area contributed by atoms with Gasteiger partial charge in [-0.05, 0) is 42.3 Å². The van der Waals surface area contributed by atoms with Crippen molar-refractivity contribution in [1.82, 2.24) is 4.98 Å². The van der Waals surface area contributed by atoms with Crippen LogP contribution in [0.3, 0.4) is 0 Å². The first kappa shape index (κ1) is 18.7. The Kier molecular flexibility index (Phi) is 4.75. The number of aromatic nitrogens is 1. The molecule has 0 spiro atoms. The fraction of sp³-hybridized carbons (Fsp3) is 0.0952. The third kappa shape index (κ3) is 3.44. The van der Waals surface area contributed by atoms with Crippen LogP contribution < -0.4 is 10.2 Å². The molecule has 1 aromatic heterocycles. The van der Waals surface area contributed by atoms with E-state index in [9.17, 15) is 22.8 Å². The predicted molar refractivity (Wildman–Crippen MR) is 100 cm³/mol. The molecule has 0 aliphatic carbocycles. The Morgan fingerprint density at radius 2 is 1.79 bits per heavy atom. The van der Waals surface area contributed by atoms with E-state index >= 15 is 0 Å². The van der Waals surface area contributed by atoms with Crippen molar-refractivity contribution < 1.29 is 22.8 Å². The van der Waals surface area contributed by atoms with E-state index in [1.54, 1.807) is 4.90 Å². The number of rotatable bonds is 3. The average Bonchev–Trinajstić information content (AvgIpc) is 3.18. The number of nitrogens with zero attached hydrogens (tertiary/aromatic N) is 2. The van der Waals surface area contributed by atoms with Crippen LogP contribution in [-0.4, -0.2) is 23.3 Å². The first-order valence-electron chi connectivity index (χ1n) is 8.76. The lowest BCUT2D eigenvalue weighted by Gasteiger charge is -2.17. The maximum absolute atomic E-state index is 13.8. The molecule has 0 bridgehead atoms. The van der Waals surface area contributed by atoms with Crippen molar-refractivity contribution in [2.45, 2.75) is 6.42 Å². The second-order valence-electron chi connectivity index (χ2n) is 6.44. The Morgan fingerprint density at radius 3 is 2.62 bits per heavy atom. The Labute approximate surface area is 163 Å². The molecule has 2 heterocycles.